The Morgan fingerprint density at radius 2 is 1.95 bits per heavy atom. The van der Waals surface area contributed by atoms with Crippen LogP contribution >= 0.6 is 0 Å². The van der Waals surface area contributed by atoms with Crippen molar-refractivity contribution in [3.05, 3.63) is 61.1 Å². The van der Waals surface area contributed by atoms with Crippen LogP contribution in [0.4, 0.5) is 21.6 Å². The highest BCUT2D eigenvalue weighted by Crippen LogP contribution is 2.28. The van der Waals surface area contributed by atoms with Gasteiger partial charge < -0.3 is 20.0 Å². The van der Waals surface area contributed by atoms with Gasteiger partial charge in [0.1, 0.15) is 11.6 Å². The van der Waals surface area contributed by atoms with Gasteiger partial charge in [0.25, 0.3) is 0 Å². The lowest BCUT2D eigenvalue weighted by Gasteiger charge is -2.41. The summed E-state index contributed by atoms with van der Waals surface area (Å²) in [5.74, 6) is 0.743. The molecular formula is C29H41FN6O. The number of nitrogens with zero attached hydrogens (tertiary/aromatic N) is 5. The number of likely N-dealkylation sites (N-methyl/N-ethyl adjacent to an activating group) is 1. The van der Waals surface area contributed by atoms with Crippen molar-refractivity contribution in [2.75, 3.05) is 73.6 Å². The fourth-order valence-electron chi connectivity index (χ4n) is 5.46. The number of unbranched alkanes of at least 4 members (excludes halogenated alkanes) is 1. The second kappa shape index (κ2) is 13.4. The van der Waals surface area contributed by atoms with Crippen molar-refractivity contribution in [3.8, 4) is 0 Å². The second-order valence-electron chi connectivity index (χ2n) is 9.91. The third-order valence-corrected chi connectivity index (χ3v) is 7.50. The Hall–Kier alpha value is -3.13. The molecule has 3 heterocycles. The van der Waals surface area contributed by atoms with E-state index in [1.54, 1.807) is 12.1 Å². The van der Waals surface area contributed by atoms with E-state index in [-0.39, 0.29) is 11.7 Å². The van der Waals surface area contributed by atoms with Crippen molar-refractivity contribution in [2.24, 2.45) is 0 Å². The highest BCUT2D eigenvalue weighted by atomic mass is 19.1. The van der Waals surface area contributed by atoms with Crippen LogP contribution in [0.5, 0.6) is 0 Å². The molecule has 8 heteroatoms. The van der Waals surface area contributed by atoms with E-state index >= 15 is 0 Å². The van der Waals surface area contributed by atoms with E-state index in [2.05, 4.69) is 50.6 Å². The minimum atomic E-state index is -0.182. The summed E-state index contributed by atoms with van der Waals surface area (Å²) in [7, 11) is 0. The molecule has 7 nitrogen and oxygen atoms in total. The molecule has 4 rings (SSSR count). The van der Waals surface area contributed by atoms with Crippen LogP contribution in [0.1, 0.15) is 32.6 Å². The molecule has 0 spiro atoms. The highest BCUT2D eigenvalue weighted by Gasteiger charge is 2.26. The Labute approximate surface area is 220 Å². The van der Waals surface area contributed by atoms with Crippen molar-refractivity contribution in [3.63, 3.8) is 0 Å². The first kappa shape index (κ1) is 26.9. The number of halogens is 1. The van der Waals surface area contributed by atoms with Gasteiger partial charge in [-0.25, -0.2) is 9.37 Å². The van der Waals surface area contributed by atoms with Gasteiger partial charge in [-0.3, -0.25) is 9.69 Å². The molecular weight excluding hydrogens is 467 g/mol. The van der Waals surface area contributed by atoms with Crippen molar-refractivity contribution >= 4 is 23.1 Å². The summed E-state index contributed by atoms with van der Waals surface area (Å²) in [6, 6.07) is 11.6. The third-order valence-electron chi connectivity index (χ3n) is 7.50. The first-order valence-electron chi connectivity index (χ1n) is 13.7. The normalized spacial score (nSPS) is 18.5. The Morgan fingerprint density at radius 3 is 2.70 bits per heavy atom. The van der Waals surface area contributed by atoms with E-state index in [1.165, 1.54) is 17.8 Å². The van der Waals surface area contributed by atoms with Crippen LogP contribution in [0.15, 0.2) is 55.3 Å². The molecule has 0 bridgehead atoms. The van der Waals surface area contributed by atoms with Gasteiger partial charge in [-0.15, -0.1) is 0 Å². The fourth-order valence-corrected chi connectivity index (χ4v) is 5.46. The predicted molar refractivity (Wildman–Crippen MR) is 150 cm³/mol. The molecule has 37 heavy (non-hydrogen) atoms. The lowest BCUT2D eigenvalue weighted by Crippen LogP contribution is -2.49. The van der Waals surface area contributed by atoms with Gasteiger partial charge in [-0.1, -0.05) is 12.6 Å². The zero-order valence-electron chi connectivity index (χ0n) is 22.1. The summed E-state index contributed by atoms with van der Waals surface area (Å²) >= 11 is 0. The highest BCUT2D eigenvalue weighted by molar-refractivity contribution is 5.86. The summed E-state index contributed by atoms with van der Waals surface area (Å²) in [4.78, 5) is 25.7. The topological polar surface area (TPSA) is 55.0 Å². The van der Waals surface area contributed by atoms with Crippen molar-refractivity contribution in [1.82, 2.24) is 15.2 Å². The van der Waals surface area contributed by atoms with Gasteiger partial charge >= 0.3 is 0 Å². The first-order valence-corrected chi connectivity index (χ1v) is 13.7. The molecule has 2 saturated heterocycles. The van der Waals surface area contributed by atoms with Crippen LogP contribution in [0, 0.1) is 5.82 Å². The van der Waals surface area contributed by atoms with Gasteiger partial charge in [-0.05, 0) is 69.5 Å². The van der Waals surface area contributed by atoms with E-state index < -0.39 is 0 Å². The maximum Gasteiger partial charge on any atom is 0.243 e. The number of piperazine rings is 1. The second-order valence-corrected chi connectivity index (χ2v) is 9.91. The summed E-state index contributed by atoms with van der Waals surface area (Å²) in [5.41, 5.74) is 2.19. The smallest absolute Gasteiger partial charge is 0.243 e. The number of piperidine rings is 1. The SMILES string of the molecule is C=CC(=O)NCCCCN1CCN(c2ccnc(N(CC)[C@@H]3CCCN(c4cccc(F)c4)C3)c2)CC1. The maximum absolute atomic E-state index is 13.8. The Kier molecular flexibility index (Phi) is 9.77. The van der Waals surface area contributed by atoms with E-state index in [0.29, 0.717) is 12.6 Å². The number of nitrogens with one attached hydrogen (secondary N) is 1. The lowest BCUT2D eigenvalue weighted by atomic mass is 10.0. The standard InChI is InChI=1S/C29H41FN6O/c1-3-29(37)32-13-5-6-15-33-17-19-34(20-18-33)26-12-14-31-28(22-26)36(4-2)27-11-8-16-35(23-27)25-10-7-9-24(30)21-25/h3,7,9-10,12,14,21-22,27H,1,4-6,8,11,13,15-20,23H2,2H3,(H,32,37)/t27-/m1/s1. The van der Waals surface area contributed by atoms with Crippen LogP contribution in [0.3, 0.4) is 0 Å². The molecule has 1 N–H and O–H groups in total. The Balaban J connectivity index is 1.30. The van der Waals surface area contributed by atoms with Gasteiger partial charge in [-0.2, -0.15) is 0 Å². The monoisotopic (exact) mass is 508 g/mol. The molecule has 0 unspecified atom stereocenters. The van der Waals surface area contributed by atoms with Gasteiger partial charge in [0.2, 0.25) is 5.91 Å². The molecule has 1 atom stereocenters. The third kappa shape index (κ3) is 7.44. The number of aromatic nitrogens is 1. The largest absolute Gasteiger partial charge is 0.369 e. The number of pyridine rings is 1. The Bertz CT molecular complexity index is 1020. The van der Waals surface area contributed by atoms with Crippen LogP contribution < -0.4 is 20.0 Å². The van der Waals surface area contributed by atoms with Crippen molar-refractivity contribution < 1.29 is 9.18 Å². The number of hydrogen-bond donors (Lipinski definition) is 1. The Morgan fingerprint density at radius 1 is 1.14 bits per heavy atom. The van der Waals surface area contributed by atoms with E-state index in [1.807, 2.05) is 12.3 Å². The molecule has 0 aliphatic carbocycles. The zero-order valence-corrected chi connectivity index (χ0v) is 22.1. The summed E-state index contributed by atoms with van der Waals surface area (Å²) < 4.78 is 13.8. The molecule has 200 valence electrons. The molecule has 1 aromatic heterocycles. The maximum atomic E-state index is 13.8. The molecule has 1 amide bonds. The molecule has 2 aromatic rings. The van der Waals surface area contributed by atoms with Crippen LogP contribution in [0.25, 0.3) is 0 Å². The van der Waals surface area contributed by atoms with Crippen molar-refractivity contribution in [2.45, 2.75) is 38.6 Å². The number of carbonyl (C=O) groups is 1. The molecule has 1 aromatic carbocycles. The molecule has 2 aliphatic rings. The summed E-state index contributed by atoms with van der Waals surface area (Å²) in [6.45, 7) is 14.2. The number of benzene rings is 1. The average Bonchev–Trinajstić information content (AvgIpc) is 2.94. The number of amides is 1. The minimum absolute atomic E-state index is 0.0978. The van der Waals surface area contributed by atoms with E-state index in [0.717, 1.165) is 89.5 Å². The van der Waals surface area contributed by atoms with Crippen LogP contribution in [-0.2, 0) is 4.79 Å². The fraction of sp³-hybridized carbons (Fsp3) is 0.517. The summed E-state index contributed by atoms with van der Waals surface area (Å²) in [6.07, 6.45) is 7.51. The first-order chi connectivity index (χ1) is 18.1. The molecule has 0 radical (unpaired) electrons. The van der Waals surface area contributed by atoms with Gasteiger partial charge in [0.05, 0.1) is 0 Å². The van der Waals surface area contributed by atoms with Crippen LogP contribution in [0.2, 0.25) is 0 Å². The zero-order chi connectivity index (χ0) is 26.0. The molecule has 2 aliphatic heterocycles. The van der Waals surface area contributed by atoms with Gasteiger partial charge in [0, 0.05) is 82.0 Å². The quantitative estimate of drug-likeness (QED) is 0.367. The predicted octanol–water partition coefficient (Wildman–Crippen LogP) is 3.92. The average molecular weight is 509 g/mol. The van der Waals surface area contributed by atoms with Crippen molar-refractivity contribution in [1.29, 1.82) is 0 Å². The molecule has 2 fully saturated rings. The number of hydrogen-bond acceptors (Lipinski definition) is 6. The summed E-state index contributed by atoms with van der Waals surface area (Å²) in [5, 5.41) is 2.84. The van der Waals surface area contributed by atoms with E-state index in [9.17, 15) is 9.18 Å². The number of carbonyl (C=O) groups excluding carboxylic acids is 1. The lowest BCUT2D eigenvalue weighted by molar-refractivity contribution is -0.116. The van der Waals surface area contributed by atoms with Crippen LogP contribution in [-0.4, -0.2) is 80.7 Å². The molecule has 0 saturated carbocycles. The number of rotatable bonds is 11. The van der Waals surface area contributed by atoms with Gasteiger partial charge in [0.15, 0.2) is 0 Å². The van der Waals surface area contributed by atoms with E-state index in [4.69, 9.17) is 4.98 Å². The number of anilines is 3. The minimum Gasteiger partial charge on any atom is -0.369 e.